The van der Waals surface area contributed by atoms with E-state index in [1.165, 1.54) is 35.5 Å². The van der Waals surface area contributed by atoms with Gasteiger partial charge in [-0.05, 0) is 47.9 Å². The second-order valence-corrected chi connectivity index (χ2v) is 5.32. The van der Waals surface area contributed by atoms with Gasteiger partial charge in [0.05, 0.1) is 0 Å². The average molecular weight is 284 g/mol. The van der Waals surface area contributed by atoms with E-state index in [4.69, 9.17) is 0 Å². The zero-order chi connectivity index (χ0) is 14.8. The summed E-state index contributed by atoms with van der Waals surface area (Å²) in [6.45, 7) is 1.52. The lowest BCUT2D eigenvalue weighted by molar-refractivity contribution is 0.0951. The molecule has 108 valence electrons. The van der Waals surface area contributed by atoms with Gasteiger partial charge in [0.25, 0.3) is 5.91 Å². The molecule has 21 heavy (non-hydrogen) atoms. The lowest BCUT2D eigenvalue weighted by atomic mass is 10.1. The molecule has 0 spiro atoms. The van der Waals surface area contributed by atoms with Crippen LogP contribution in [-0.4, -0.2) is 19.5 Å². The summed E-state index contributed by atoms with van der Waals surface area (Å²) in [5.41, 5.74) is 4.14. The number of amides is 1. The number of carbonyl (C=O) groups excluding carboxylic acids is 1. The minimum atomic E-state index is -0.339. The first-order valence-electron chi connectivity index (χ1n) is 7.00. The number of hydrogen-bond donors (Lipinski definition) is 1. The third kappa shape index (κ3) is 2.89. The molecule has 1 heterocycles. The van der Waals surface area contributed by atoms with Crippen LogP contribution in [0.3, 0.4) is 0 Å². The Bertz CT molecular complexity index is 667. The summed E-state index contributed by atoms with van der Waals surface area (Å²) in [6, 6.07) is 11.8. The molecule has 1 aliphatic heterocycles. The number of halogens is 1. The first kappa shape index (κ1) is 13.6. The van der Waals surface area contributed by atoms with Gasteiger partial charge >= 0.3 is 0 Å². The SMILES string of the molecule is CN1CCc2cc(CNC(=O)c3ccc(F)cc3)ccc21. The first-order chi connectivity index (χ1) is 10.1. The highest BCUT2D eigenvalue weighted by molar-refractivity contribution is 5.94. The average Bonchev–Trinajstić information content (AvgIpc) is 2.86. The van der Waals surface area contributed by atoms with Crippen molar-refractivity contribution in [2.24, 2.45) is 0 Å². The van der Waals surface area contributed by atoms with Gasteiger partial charge < -0.3 is 10.2 Å². The Hall–Kier alpha value is -2.36. The maximum Gasteiger partial charge on any atom is 0.251 e. The Morgan fingerprint density at radius 1 is 1.24 bits per heavy atom. The fourth-order valence-corrected chi connectivity index (χ4v) is 2.62. The van der Waals surface area contributed by atoms with Gasteiger partial charge in [-0.3, -0.25) is 4.79 Å². The molecule has 0 saturated carbocycles. The second kappa shape index (κ2) is 5.56. The molecule has 3 rings (SSSR count). The van der Waals surface area contributed by atoms with E-state index in [-0.39, 0.29) is 11.7 Å². The van der Waals surface area contributed by atoms with Crippen LogP contribution in [0.1, 0.15) is 21.5 Å². The van der Waals surface area contributed by atoms with E-state index in [0.29, 0.717) is 12.1 Å². The number of nitrogens with zero attached hydrogens (tertiary/aromatic N) is 1. The Morgan fingerprint density at radius 2 is 2.00 bits per heavy atom. The van der Waals surface area contributed by atoms with Crippen molar-refractivity contribution in [3.8, 4) is 0 Å². The van der Waals surface area contributed by atoms with Crippen molar-refractivity contribution < 1.29 is 9.18 Å². The lowest BCUT2D eigenvalue weighted by Gasteiger charge is -2.12. The molecule has 3 nitrogen and oxygen atoms in total. The predicted octanol–water partition coefficient (Wildman–Crippen LogP) is 2.75. The van der Waals surface area contributed by atoms with Crippen LogP contribution < -0.4 is 10.2 Å². The van der Waals surface area contributed by atoms with E-state index < -0.39 is 0 Å². The summed E-state index contributed by atoms with van der Waals surface area (Å²) in [6.07, 6.45) is 1.05. The molecular formula is C17H17FN2O. The minimum absolute atomic E-state index is 0.187. The quantitative estimate of drug-likeness (QED) is 0.940. The topological polar surface area (TPSA) is 32.3 Å². The number of likely N-dealkylation sites (N-methyl/N-ethyl adjacent to an activating group) is 1. The number of benzene rings is 2. The number of anilines is 1. The molecule has 4 heteroatoms. The largest absolute Gasteiger partial charge is 0.374 e. The standard InChI is InChI=1S/C17H17FN2O/c1-20-9-8-14-10-12(2-7-16(14)20)11-19-17(21)13-3-5-15(18)6-4-13/h2-7,10H,8-9,11H2,1H3,(H,19,21). The molecule has 0 aliphatic carbocycles. The van der Waals surface area contributed by atoms with Gasteiger partial charge in [-0.25, -0.2) is 4.39 Å². The van der Waals surface area contributed by atoms with Crippen LogP contribution in [0.2, 0.25) is 0 Å². The van der Waals surface area contributed by atoms with Gasteiger partial charge in [0.15, 0.2) is 0 Å². The highest BCUT2D eigenvalue weighted by atomic mass is 19.1. The van der Waals surface area contributed by atoms with Gasteiger partial charge in [0.1, 0.15) is 5.82 Å². The Kier molecular flexibility index (Phi) is 3.60. The zero-order valence-corrected chi connectivity index (χ0v) is 11.9. The van der Waals surface area contributed by atoms with E-state index in [1.54, 1.807) is 0 Å². The van der Waals surface area contributed by atoms with Gasteiger partial charge in [0, 0.05) is 31.4 Å². The number of carbonyl (C=O) groups is 1. The normalized spacial score (nSPS) is 13.1. The highest BCUT2D eigenvalue weighted by Gasteiger charge is 2.15. The van der Waals surface area contributed by atoms with Gasteiger partial charge in [-0.1, -0.05) is 12.1 Å². The van der Waals surface area contributed by atoms with E-state index in [2.05, 4.69) is 29.4 Å². The molecule has 1 aliphatic rings. The number of hydrogen-bond acceptors (Lipinski definition) is 2. The summed E-state index contributed by atoms with van der Waals surface area (Å²) in [7, 11) is 2.09. The summed E-state index contributed by atoms with van der Waals surface area (Å²) in [4.78, 5) is 14.2. The fraction of sp³-hybridized carbons (Fsp3) is 0.235. The number of fused-ring (bicyclic) bond motifs is 1. The van der Waals surface area contributed by atoms with Crippen LogP contribution in [-0.2, 0) is 13.0 Å². The molecule has 2 aromatic carbocycles. The molecular weight excluding hydrogens is 267 g/mol. The highest BCUT2D eigenvalue weighted by Crippen LogP contribution is 2.27. The van der Waals surface area contributed by atoms with Crippen molar-refractivity contribution >= 4 is 11.6 Å². The van der Waals surface area contributed by atoms with Crippen LogP contribution in [0.15, 0.2) is 42.5 Å². The number of rotatable bonds is 3. The predicted molar refractivity (Wildman–Crippen MR) is 81.0 cm³/mol. The maximum absolute atomic E-state index is 12.8. The molecule has 1 N–H and O–H groups in total. The van der Waals surface area contributed by atoms with Crippen molar-refractivity contribution in [3.05, 3.63) is 65.0 Å². The van der Waals surface area contributed by atoms with Crippen LogP contribution >= 0.6 is 0 Å². The summed E-state index contributed by atoms with van der Waals surface area (Å²) in [5.74, 6) is -0.526. The van der Waals surface area contributed by atoms with Crippen LogP contribution in [0.5, 0.6) is 0 Å². The van der Waals surface area contributed by atoms with Crippen molar-refractivity contribution in [2.45, 2.75) is 13.0 Å². The third-order valence-corrected chi connectivity index (χ3v) is 3.83. The first-order valence-corrected chi connectivity index (χ1v) is 7.00. The van der Waals surface area contributed by atoms with E-state index in [0.717, 1.165) is 18.5 Å². The number of nitrogens with one attached hydrogen (secondary N) is 1. The van der Waals surface area contributed by atoms with E-state index >= 15 is 0 Å². The Balaban J connectivity index is 1.65. The van der Waals surface area contributed by atoms with Gasteiger partial charge in [-0.2, -0.15) is 0 Å². The van der Waals surface area contributed by atoms with E-state index in [1.807, 2.05) is 6.07 Å². The van der Waals surface area contributed by atoms with Gasteiger partial charge in [-0.15, -0.1) is 0 Å². The molecule has 0 radical (unpaired) electrons. The Morgan fingerprint density at radius 3 is 2.76 bits per heavy atom. The smallest absolute Gasteiger partial charge is 0.251 e. The molecule has 2 aromatic rings. The summed E-state index contributed by atoms with van der Waals surface area (Å²) in [5, 5.41) is 2.86. The molecule has 0 aromatic heterocycles. The third-order valence-electron chi connectivity index (χ3n) is 3.83. The monoisotopic (exact) mass is 284 g/mol. The van der Waals surface area contributed by atoms with Crippen LogP contribution in [0, 0.1) is 5.82 Å². The molecule has 0 atom stereocenters. The van der Waals surface area contributed by atoms with Crippen LogP contribution in [0.25, 0.3) is 0 Å². The molecule has 0 saturated heterocycles. The summed E-state index contributed by atoms with van der Waals surface area (Å²) < 4.78 is 12.8. The summed E-state index contributed by atoms with van der Waals surface area (Å²) >= 11 is 0. The lowest BCUT2D eigenvalue weighted by Crippen LogP contribution is -2.22. The van der Waals surface area contributed by atoms with Gasteiger partial charge in [0.2, 0.25) is 0 Å². The van der Waals surface area contributed by atoms with Crippen molar-refractivity contribution in [1.29, 1.82) is 0 Å². The molecule has 0 unspecified atom stereocenters. The Labute approximate surface area is 123 Å². The maximum atomic E-state index is 12.8. The van der Waals surface area contributed by atoms with Crippen molar-refractivity contribution in [2.75, 3.05) is 18.5 Å². The fourth-order valence-electron chi connectivity index (χ4n) is 2.62. The molecule has 0 fully saturated rings. The van der Waals surface area contributed by atoms with Crippen molar-refractivity contribution in [3.63, 3.8) is 0 Å². The van der Waals surface area contributed by atoms with E-state index in [9.17, 15) is 9.18 Å². The molecule has 1 amide bonds. The van der Waals surface area contributed by atoms with Crippen LogP contribution in [0.4, 0.5) is 10.1 Å². The van der Waals surface area contributed by atoms with Crippen molar-refractivity contribution in [1.82, 2.24) is 5.32 Å². The minimum Gasteiger partial charge on any atom is -0.374 e. The molecule has 0 bridgehead atoms. The zero-order valence-electron chi connectivity index (χ0n) is 11.9. The second-order valence-electron chi connectivity index (χ2n) is 5.32.